The van der Waals surface area contributed by atoms with Crippen LogP contribution in [0.2, 0.25) is 0 Å². The first-order valence-corrected chi connectivity index (χ1v) is 9.93. The summed E-state index contributed by atoms with van der Waals surface area (Å²) in [6.45, 7) is 12.4. The van der Waals surface area contributed by atoms with E-state index in [0.29, 0.717) is 5.41 Å². The summed E-state index contributed by atoms with van der Waals surface area (Å²) in [6, 6.07) is 8.44. The summed E-state index contributed by atoms with van der Waals surface area (Å²) >= 11 is 0. The topological polar surface area (TPSA) is 35.1 Å². The van der Waals surface area contributed by atoms with E-state index in [0.717, 1.165) is 24.8 Å². The second-order valence-electron chi connectivity index (χ2n) is 8.85. The molecule has 1 aliphatic heterocycles. The van der Waals surface area contributed by atoms with Gasteiger partial charge in [0.15, 0.2) is 0 Å². The van der Waals surface area contributed by atoms with Crippen LogP contribution in [0.1, 0.15) is 65.4 Å². The molecule has 0 aromatic heterocycles. The fourth-order valence-electron chi connectivity index (χ4n) is 4.17. The van der Waals surface area contributed by atoms with Crippen LogP contribution >= 0.6 is 0 Å². The van der Waals surface area contributed by atoms with E-state index in [1.165, 1.54) is 44.2 Å². The zero-order chi connectivity index (χ0) is 18.3. The maximum atomic E-state index is 6.00. The smallest absolute Gasteiger partial charge is 0.118 e. The number of benzene rings is 1. The molecule has 1 aliphatic rings. The van der Waals surface area contributed by atoms with Gasteiger partial charge in [0.2, 0.25) is 0 Å². The average Bonchev–Trinajstić information content (AvgIpc) is 2.57. The van der Waals surface area contributed by atoms with Crippen molar-refractivity contribution in [2.24, 2.45) is 11.3 Å². The normalized spacial score (nSPS) is 23.0. The second-order valence-corrected chi connectivity index (χ2v) is 8.85. The summed E-state index contributed by atoms with van der Waals surface area (Å²) in [5.74, 6) is 1.71. The first-order valence-electron chi connectivity index (χ1n) is 9.93. The number of rotatable bonds is 9. The molecule has 1 fully saturated rings. The van der Waals surface area contributed by atoms with Crippen LogP contribution in [0.15, 0.2) is 24.3 Å². The van der Waals surface area contributed by atoms with Gasteiger partial charge in [0, 0.05) is 18.6 Å². The summed E-state index contributed by atoms with van der Waals surface area (Å²) in [5.41, 5.74) is 1.86. The van der Waals surface area contributed by atoms with Crippen LogP contribution in [0, 0.1) is 11.3 Å². The minimum Gasteiger partial charge on any atom is -0.497 e. The number of methoxy groups -OCH3 is 1. The number of nitrogens with two attached hydrogens (primary N) is 1. The maximum absolute atomic E-state index is 6.00. The van der Waals surface area contributed by atoms with Crippen molar-refractivity contribution in [3.63, 3.8) is 0 Å². The predicted molar refractivity (Wildman–Crippen MR) is 104 cm³/mol. The van der Waals surface area contributed by atoms with E-state index in [1.54, 1.807) is 7.11 Å². The molecule has 3 heteroatoms. The van der Waals surface area contributed by atoms with Crippen LogP contribution in [0.5, 0.6) is 5.75 Å². The third-order valence-electron chi connectivity index (χ3n) is 5.60. The highest BCUT2D eigenvalue weighted by Gasteiger charge is 2.40. The Kier molecular flexibility index (Phi) is 7.33. The largest absolute Gasteiger partial charge is 0.497 e. The van der Waals surface area contributed by atoms with Crippen LogP contribution < -0.4 is 10.1 Å². The monoisotopic (exact) mass is 348 g/mol. The molecule has 0 unspecified atom stereocenters. The molecule has 0 amide bonds. The summed E-state index contributed by atoms with van der Waals surface area (Å²) in [7, 11) is 1.72. The quantitative estimate of drug-likeness (QED) is 0.680. The Morgan fingerprint density at radius 2 is 1.88 bits per heavy atom. The lowest BCUT2D eigenvalue weighted by Gasteiger charge is -2.45. The molecule has 0 saturated carbocycles. The summed E-state index contributed by atoms with van der Waals surface area (Å²) < 4.78 is 11.2. The molecular formula is C22H38NO2+. The van der Waals surface area contributed by atoms with Crippen molar-refractivity contribution in [2.45, 2.75) is 71.9 Å². The number of ether oxygens (including phenoxy) is 2. The van der Waals surface area contributed by atoms with Gasteiger partial charge in [-0.2, -0.15) is 0 Å². The lowest BCUT2D eigenvalue weighted by atomic mass is 9.68. The Hall–Kier alpha value is -1.06. The molecule has 2 N–H and O–H groups in total. The molecule has 1 aromatic carbocycles. The molecule has 1 aromatic rings. The Bertz CT molecular complexity index is 509. The lowest BCUT2D eigenvalue weighted by molar-refractivity contribution is -0.672. The molecule has 142 valence electrons. The fraction of sp³-hybridized carbons (Fsp3) is 0.727. The molecule has 1 heterocycles. The van der Waals surface area contributed by atoms with Crippen molar-refractivity contribution in [3.05, 3.63) is 29.8 Å². The Morgan fingerprint density at radius 3 is 2.48 bits per heavy atom. The summed E-state index contributed by atoms with van der Waals surface area (Å²) in [4.78, 5) is 0. The first-order chi connectivity index (χ1) is 11.8. The fourth-order valence-corrected chi connectivity index (χ4v) is 4.17. The van der Waals surface area contributed by atoms with Crippen LogP contribution in [0.25, 0.3) is 0 Å². The van der Waals surface area contributed by atoms with Crippen molar-refractivity contribution in [1.29, 1.82) is 0 Å². The van der Waals surface area contributed by atoms with Crippen molar-refractivity contribution in [1.82, 2.24) is 0 Å². The Morgan fingerprint density at radius 1 is 1.16 bits per heavy atom. The number of hydrogen-bond donors (Lipinski definition) is 1. The van der Waals surface area contributed by atoms with Gasteiger partial charge in [-0.05, 0) is 68.7 Å². The van der Waals surface area contributed by atoms with Gasteiger partial charge < -0.3 is 14.8 Å². The van der Waals surface area contributed by atoms with Crippen LogP contribution in [-0.2, 0) is 11.3 Å². The molecule has 2 rings (SSSR count). The molecule has 0 bridgehead atoms. The zero-order valence-electron chi connectivity index (χ0n) is 16.9. The average molecular weight is 349 g/mol. The number of hydrogen-bond acceptors (Lipinski definition) is 2. The minimum atomic E-state index is 0.0329. The van der Waals surface area contributed by atoms with E-state index in [1.807, 2.05) is 12.1 Å². The highest BCUT2D eigenvalue weighted by atomic mass is 16.5. The SMILES string of the molecule is COc1ccc(C[NH2+]CC[C@]2(CCC(C)C)CCOC(C)(C)C2)cc1. The van der Waals surface area contributed by atoms with Crippen molar-refractivity contribution >= 4 is 0 Å². The zero-order valence-corrected chi connectivity index (χ0v) is 16.9. The number of quaternary nitrogens is 1. The van der Waals surface area contributed by atoms with Crippen molar-refractivity contribution < 1.29 is 14.8 Å². The Labute approximate surface area is 154 Å². The van der Waals surface area contributed by atoms with Crippen LogP contribution in [-0.4, -0.2) is 25.9 Å². The first kappa shape index (κ1) is 20.3. The van der Waals surface area contributed by atoms with E-state index in [9.17, 15) is 0 Å². The van der Waals surface area contributed by atoms with Crippen molar-refractivity contribution in [3.8, 4) is 5.75 Å². The predicted octanol–water partition coefficient (Wildman–Crippen LogP) is 4.16. The third kappa shape index (κ3) is 6.63. The standard InChI is InChI=1S/C22H37NO2/c1-18(2)10-11-22(13-15-25-21(3,4)17-22)12-14-23-16-19-6-8-20(24-5)9-7-19/h6-9,18,23H,10-17H2,1-5H3/p+1/t22-/m1/s1. The lowest BCUT2D eigenvalue weighted by Crippen LogP contribution is -2.83. The summed E-state index contributed by atoms with van der Waals surface area (Å²) in [5, 5.41) is 2.46. The van der Waals surface area contributed by atoms with Gasteiger partial charge in [-0.25, -0.2) is 0 Å². The van der Waals surface area contributed by atoms with Crippen molar-refractivity contribution in [2.75, 3.05) is 20.3 Å². The van der Waals surface area contributed by atoms with Gasteiger partial charge in [0.05, 0.1) is 19.3 Å². The summed E-state index contributed by atoms with van der Waals surface area (Å²) in [6.07, 6.45) is 6.38. The van der Waals surface area contributed by atoms with E-state index < -0.39 is 0 Å². The highest BCUT2D eigenvalue weighted by molar-refractivity contribution is 5.26. The third-order valence-corrected chi connectivity index (χ3v) is 5.60. The van der Waals surface area contributed by atoms with E-state index in [-0.39, 0.29) is 5.60 Å². The molecule has 0 aliphatic carbocycles. The van der Waals surface area contributed by atoms with Gasteiger partial charge in [-0.3, -0.25) is 0 Å². The molecule has 25 heavy (non-hydrogen) atoms. The Balaban J connectivity index is 1.86. The molecule has 3 nitrogen and oxygen atoms in total. The van der Waals surface area contributed by atoms with E-state index in [2.05, 4.69) is 45.1 Å². The molecule has 1 atom stereocenters. The van der Waals surface area contributed by atoms with Gasteiger partial charge in [0.25, 0.3) is 0 Å². The van der Waals surface area contributed by atoms with Gasteiger partial charge in [-0.1, -0.05) is 20.3 Å². The molecule has 0 spiro atoms. The van der Waals surface area contributed by atoms with Crippen LogP contribution in [0.3, 0.4) is 0 Å². The molecule has 1 saturated heterocycles. The van der Waals surface area contributed by atoms with Gasteiger partial charge in [-0.15, -0.1) is 0 Å². The highest BCUT2D eigenvalue weighted by Crippen LogP contribution is 2.45. The van der Waals surface area contributed by atoms with Gasteiger partial charge in [0.1, 0.15) is 12.3 Å². The second kappa shape index (κ2) is 9.05. The molecule has 0 radical (unpaired) electrons. The van der Waals surface area contributed by atoms with E-state index >= 15 is 0 Å². The maximum Gasteiger partial charge on any atom is 0.118 e. The van der Waals surface area contributed by atoms with E-state index in [4.69, 9.17) is 9.47 Å². The van der Waals surface area contributed by atoms with Gasteiger partial charge >= 0.3 is 0 Å². The van der Waals surface area contributed by atoms with Crippen LogP contribution in [0.4, 0.5) is 0 Å². The minimum absolute atomic E-state index is 0.0329. The molecular weight excluding hydrogens is 310 g/mol.